The van der Waals surface area contributed by atoms with Crippen molar-refractivity contribution in [2.24, 2.45) is 23.7 Å². The van der Waals surface area contributed by atoms with Crippen LogP contribution in [0.25, 0.3) is 0 Å². The summed E-state index contributed by atoms with van der Waals surface area (Å²) in [6.07, 6.45) is 3.80. The second-order valence-corrected chi connectivity index (χ2v) is 31.1. The van der Waals surface area contributed by atoms with Crippen LogP contribution in [0, 0.1) is 30.6 Å². The number of carbonyl (C=O) groups excluding carboxylic acids is 2. The van der Waals surface area contributed by atoms with Gasteiger partial charge < -0.3 is 42.4 Å². The molecule has 0 aliphatic carbocycles. The number of halogens is 1. The van der Waals surface area contributed by atoms with Crippen LogP contribution in [0.5, 0.6) is 0 Å². The normalized spacial score (nSPS) is 38.0. The number of carbonyl (C=O) groups is 2. The van der Waals surface area contributed by atoms with E-state index in [1.807, 2.05) is 6.92 Å². The van der Waals surface area contributed by atoms with Crippen molar-refractivity contribution in [3.05, 3.63) is 53.0 Å². The first-order chi connectivity index (χ1) is 32.9. The first-order valence-corrected chi connectivity index (χ1v) is 31.3. The van der Waals surface area contributed by atoms with Crippen molar-refractivity contribution in [2.75, 3.05) is 6.61 Å². The van der Waals surface area contributed by atoms with E-state index in [0.29, 0.717) is 68.9 Å². The number of aldehydes is 1. The van der Waals surface area contributed by atoms with Gasteiger partial charge in [0, 0.05) is 51.6 Å². The van der Waals surface area contributed by atoms with E-state index in [9.17, 15) is 18.0 Å². The molecule has 0 aromatic heterocycles. The Labute approximate surface area is 427 Å². The van der Waals surface area contributed by atoms with Gasteiger partial charge in [0.2, 0.25) is 0 Å². The Hall–Kier alpha value is -1.67. The molecule has 0 spiro atoms. The van der Waals surface area contributed by atoms with Crippen LogP contribution in [0.2, 0.25) is 18.1 Å². The van der Waals surface area contributed by atoms with Gasteiger partial charge >= 0.3 is 0 Å². The molecule has 13 nitrogen and oxygen atoms in total. The highest BCUT2D eigenvalue weighted by molar-refractivity contribution is 9.11. The lowest BCUT2D eigenvalue weighted by Crippen LogP contribution is -2.61. The number of ketones is 1. The van der Waals surface area contributed by atoms with Crippen molar-refractivity contribution < 1.29 is 59.8 Å². The van der Waals surface area contributed by atoms with E-state index in [-0.39, 0.29) is 107 Å². The standard InChI is InChI=1S/C54H81BrO13SSi/c1-31-14-17-41(18-15-31)69(58,59)68-40(25-34(4)55)20-21-54-29-47-49(66-54)50-51(65-47)52(67-54)48-43(64-50)19-16-39(62-48)26-37(57)27-42-36(6)44(23-32(2)30-60-70(10,11)53(7,8)9)63-46(42)28-45-35(5)33(3)24-38(61-45)13-12-22-56/h14-15,17-18,22,32-33,36,38-40,42-52H,4-5,12-13,16,19-21,23-30H2,1-3,6-11H3/t32-,33+,36+,38-,39+,40+,42+,43-,44+,45+,46?,47?,48?,49-,50-,51?,52-,54-/m0/s1. The fourth-order valence-corrected chi connectivity index (χ4v) is 14.6. The molecule has 0 saturated carbocycles. The molecule has 8 aliphatic heterocycles. The topological polar surface area (TPSA) is 151 Å². The van der Waals surface area contributed by atoms with E-state index in [1.54, 1.807) is 24.3 Å². The molecule has 392 valence electrons. The molecule has 9 rings (SSSR count). The van der Waals surface area contributed by atoms with Crippen LogP contribution >= 0.6 is 15.9 Å². The van der Waals surface area contributed by atoms with Gasteiger partial charge in [-0.25, -0.2) is 0 Å². The van der Waals surface area contributed by atoms with E-state index >= 15 is 0 Å². The summed E-state index contributed by atoms with van der Waals surface area (Å²) in [4.78, 5) is 25.9. The highest BCUT2D eigenvalue weighted by Crippen LogP contribution is 2.54. The van der Waals surface area contributed by atoms with E-state index < -0.39 is 48.6 Å². The Morgan fingerprint density at radius 1 is 0.943 bits per heavy atom. The lowest BCUT2D eigenvalue weighted by atomic mass is 9.78. The molecule has 6 bridgehead atoms. The van der Waals surface area contributed by atoms with E-state index in [0.717, 1.165) is 30.3 Å². The number of hydrogen-bond acceptors (Lipinski definition) is 13. The molecule has 8 fully saturated rings. The maximum Gasteiger partial charge on any atom is 0.297 e. The molecule has 70 heavy (non-hydrogen) atoms. The van der Waals surface area contributed by atoms with Crippen LogP contribution in [0.4, 0.5) is 0 Å². The zero-order chi connectivity index (χ0) is 50.5. The maximum atomic E-state index is 14.5. The van der Waals surface area contributed by atoms with Crippen LogP contribution in [-0.4, -0.2) is 121 Å². The summed E-state index contributed by atoms with van der Waals surface area (Å²) in [6.45, 7) is 29.1. The van der Waals surface area contributed by atoms with E-state index in [4.69, 9.17) is 41.8 Å². The average Bonchev–Trinajstić information content (AvgIpc) is 3.82. The molecule has 0 radical (unpaired) electrons. The molecule has 0 amide bonds. The molecule has 8 heterocycles. The average molecular weight is 1080 g/mol. The van der Waals surface area contributed by atoms with Gasteiger partial charge in [-0.2, -0.15) is 8.42 Å². The van der Waals surface area contributed by atoms with Crippen molar-refractivity contribution in [1.82, 2.24) is 0 Å². The summed E-state index contributed by atoms with van der Waals surface area (Å²) in [5.41, 5.74) is 2.00. The summed E-state index contributed by atoms with van der Waals surface area (Å²) < 4.78 is 87.8. The van der Waals surface area contributed by atoms with Gasteiger partial charge in [-0.1, -0.05) is 88.3 Å². The third kappa shape index (κ3) is 12.2. The Kier molecular flexibility index (Phi) is 17.1. The summed E-state index contributed by atoms with van der Waals surface area (Å²) in [5, 5.41) is 0.117. The monoisotopic (exact) mass is 1080 g/mol. The Morgan fingerprint density at radius 2 is 1.64 bits per heavy atom. The third-order valence-corrected chi connectivity index (χ3v) is 23.3. The van der Waals surface area contributed by atoms with Gasteiger partial charge in [0.1, 0.15) is 42.6 Å². The molecule has 8 saturated heterocycles. The molecule has 1 aromatic carbocycles. The van der Waals surface area contributed by atoms with E-state index in [1.165, 1.54) is 0 Å². The van der Waals surface area contributed by atoms with Crippen molar-refractivity contribution in [2.45, 2.75) is 240 Å². The molecule has 1 aromatic rings. The Balaban J connectivity index is 0.930. The highest BCUT2D eigenvalue weighted by atomic mass is 79.9. The zero-order valence-corrected chi connectivity index (χ0v) is 46.5. The summed E-state index contributed by atoms with van der Waals surface area (Å²) in [6, 6.07) is 6.61. The molecular formula is C54H81BrO13SSi. The number of hydrogen-bond donors (Lipinski definition) is 0. The first kappa shape index (κ1) is 54.6. The Bertz CT molecular complexity index is 2150. The fourth-order valence-electron chi connectivity index (χ4n) is 12.0. The predicted molar refractivity (Wildman–Crippen MR) is 271 cm³/mol. The smallest absolute Gasteiger partial charge is 0.297 e. The quantitative estimate of drug-likeness (QED) is 0.0469. The number of fused-ring (bicyclic) bond motifs is 1. The molecular weight excluding hydrogens is 997 g/mol. The molecule has 18 atom stereocenters. The highest BCUT2D eigenvalue weighted by Gasteiger charge is 2.68. The second-order valence-electron chi connectivity index (χ2n) is 23.6. The van der Waals surface area contributed by atoms with Gasteiger partial charge in [-0.15, -0.1) is 0 Å². The van der Waals surface area contributed by atoms with Crippen molar-refractivity contribution in [3.63, 3.8) is 0 Å². The predicted octanol–water partition coefficient (Wildman–Crippen LogP) is 10.3. The van der Waals surface area contributed by atoms with Gasteiger partial charge in [-0.05, 0) is 109 Å². The van der Waals surface area contributed by atoms with Crippen LogP contribution < -0.4 is 0 Å². The minimum absolute atomic E-state index is 0.0201. The second kappa shape index (κ2) is 21.9. The minimum Gasteiger partial charge on any atom is -0.417 e. The Morgan fingerprint density at radius 3 is 2.34 bits per heavy atom. The van der Waals surface area contributed by atoms with Gasteiger partial charge in [0.05, 0.1) is 53.7 Å². The van der Waals surface area contributed by atoms with Crippen molar-refractivity contribution in [1.29, 1.82) is 0 Å². The number of Topliss-reactive ketones (excluding diaryl/α,β-unsaturated/α-hetero) is 1. The van der Waals surface area contributed by atoms with Crippen LogP contribution in [0.1, 0.15) is 131 Å². The molecule has 0 N–H and O–H groups in total. The number of rotatable bonds is 22. The van der Waals surface area contributed by atoms with Gasteiger partial charge in [0.25, 0.3) is 10.1 Å². The number of benzene rings is 1. The number of ether oxygens (including phenoxy) is 7. The maximum absolute atomic E-state index is 14.5. The van der Waals surface area contributed by atoms with Crippen LogP contribution in [-0.2, 0) is 61.5 Å². The minimum atomic E-state index is -4.06. The third-order valence-electron chi connectivity index (χ3n) is 17.1. The fraction of sp³-hybridized carbons (Fsp3) is 0.778. The first-order valence-electron chi connectivity index (χ1n) is 26.2. The van der Waals surface area contributed by atoms with Gasteiger partial charge in [0.15, 0.2) is 14.1 Å². The summed E-state index contributed by atoms with van der Waals surface area (Å²) in [7, 11) is -5.99. The van der Waals surface area contributed by atoms with Crippen LogP contribution in [0.3, 0.4) is 0 Å². The van der Waals surface area contributed by atoms with Gasteiger partial charge in [-0.3, -0.25) is 8.98 Å². The summed E-state index contributed by atoms with van der Waals surface area (Å²) >= 11 is 3.43. The summed E-state index contributed by atoms with van der Waals surface area (Å²) in [5.74, 6) is -0.291. The molecule has 16 heteroatoms. The SMILES string of the molecule is C=C(Br)C[C@@H](CC[C@@]12CC3OC4[C@@H](O1)C1O[C@@H](CC(=O)C[C@H]5C(C[C@H]6O[C@@H](CCC=O)C[C@@H](C)C6=C)O[C@H](C[C@H](C)CO[Si](C)(C)C(C)(C)C)[C@@H]5C)CC[C@@H]1O[C@H]4[C@H]3O2)OS(=O)(=O)c1ccc(C)cc1. The number of aryl methyl sites for hydroxylation is 1. The lowest BCUT2D eigenvalue weighted by Gasteiger charge is -2.47. The zero-order valence-electron chi connectivity index (χ0n) is 43.1. The van der Waals surface area contributed by atoms with Crippen LogP contribution in [0.15, 0.2) is 52.4 Å². The largest absolute Gasteiger partial charge is 0.417 e. The lowest BCUT2D eigenvalue weighted by molar-refractivity contribution is -0.292. The van der Waals surface area contributed by atoms with Crippen molar-refractivity contribution >= 4 is 46.4 Å². The van der Waals surface area contributed by atoms with Crippen molar-refractivity contribution in [3.8, 4) is 0 Å². The molecule has 8 aliphatic rings. The van der Waals surface area contributed by atoms with E-state index in [2.05, 4.69) is 83.7 Å². The molecule has 4 unspecified atom stereocenters.